The molecule has 3 aromatic rings. The highest BCUT2D eigenvalue weighted by molar-refractivity contribution is 6.06. The fraction of sp³-hybridized carbons (Fsp3) is 0.391. The highest BCUT2D eigenvalue weighted by atomic mass is 19.4. The monoisotopic (exact) mass is 550 g/mol. The van der Waals surface area contributed by atoms with E-state index >= 15 is 0 Å². The molecule has 0 bridgehead atoms. The zero-order chi connectivity index (χ0) is 28.5. The molecule has 0 aromatic carbocycles. The summed E-state index contributed by atoms with van der Waals surface area (Å²) in [5, 5.41) is 16.2. The Labute approximate surface area is 219 Å². The molecular weight excluding hydrogens is 525 g/mol. The molecule has 13 nitrogen and oxygen atoms in total. The molecule has 1 saturated heterocycles. The maximum Gasteiger partial charge on any atom is 0.413 e. The first kappa shape index (κ1) is 27.6. The predicted octanol–water partition coefficient (Wildman–Crippen LogP) is 2.68. The van der Waals surface area contributed by atoms with Crippen LogP contribution in [0, 0.1) is 5.92 Å². The molecule has 3 amide bonds. The second-order valence-electron chi connectivity index (χ2n) is 9.26. The van der Waals surface area contributed by atoms with Crippen molar-refractivity contribution in [2.75, 3.05) is 48.8 Å². The van der Waals surface area contributed by atoms with Crippen molar-refractivity contribution in [1.29, 1.82) is 0 Å². The number of anilines is 3. The third-order valence-electron chi connectivity index (χ3n) is 5.72. The van der Waals surface area contributed by atoms with Crippen molar-refractivity contribution in [2.45, 2.75) is 12.6 Å². The lowest BCUT2D eigenvalue weighted by molar-refractivity contribution is -0.119. The number of aryl methyl sites for hydroxylation is 1. The van der Waals surface area contributed by atoms with E-state index in [-0.39, 0.29) is 45.4 Å². The van der Waals surface area contributed by atoms with Crippen LogP contribution in [0.1, 0.15) is 16.9 Å². The molecule has 4 heterocycles. The summed E-state index contributed by atoms with van der Waals surface area (Å²) < 4.78 is 45.3. The lowest BCUT2D eigenvalue weighted by Crippen LogP contribution is -2.38. The lowest BCUT2D eigenvalue weighted by Gasteiger charge is -2.19. The van der Waals surface area contributed by atoms with Crippen LogP contribution in [-0.2, 0) is 11.8 Å². The molecule has 0 aliphatic carbocycles. The van der Waals surface area contributed by atoms with Crippen molar-refractivity contribution >= 4 is 35.2 Å². The first-order valence-electron chi connectivity index (χ1n) is 11.6. The van der Waals surface area contributed by atoms with Crippen LogP contribution in [0.15, 0.2) is 35.2 Å². The van der Waals surface area contributed by atoms with Crippen LogP contribution in [-0.4, -0.2) is 87.6 Å². The van der Waals surface area contributed by atoms with Crippen LogP contribution in [0.5, 0.6) is 0 Å². The van der Waals surface area contributed by atoms with E-state index in [1.807, 2.05) is 19.0 Å². The predicted molar refractivity (Wildman–Crippen MR) is 131 cm³/mol. The van der Waals surface area contributed by atoms with Crippen molar-refractivity contribution in [3.63, 3.8) is 0 Å². The molecule has 1 unspecified atom stereocenters. The van der Waals surface area contributed by atoms with Gasteiger partial charge in [-0.05, 0) is 32.1 Å². The van der Waals surface area contributed by atoms with Crippen molar-refractivity contribution in [2.24, 2.45) is 13.0 Å². The maximum atomic E-state index is 12.9. The van der Waals surface area contributed by atoms with Crippen molar-refractivity contribution < 1.29 is 37.1 Å². The number of hydrogen-bond acceptors (Lipinski definition) is 8. The van der Waals surface area contributed by atoms with Crippen molar-refractivity contribution in [3.05, 3.63) is 36.5 Å². The number of pyridine rings is 1. The summed E-state index contributed by atoms with van der Waals surface area (Å²) in [6, 6.07) is 2.39. The normalized spacial score (nSPS) is 15.7. The van der Waals surface area contributed by atoms with E-state index in [9.17, 15) is 32.7 Å². The van der Waals surface area contributed by atoms with E-state index < -0.39 is 30.5 Å². The summed E-state index contributed by atoms with van der Waals surface area (Å²) in [5.41, 5.74) is 0.215. The quantitative estimate of drug-likeness (QED) is 0.432. The number of carboxylic acid groups (broad SMARTS) is 1. The SMILES string of the molecule is CN(C)CC1CC(=O)N(c2nn(C)cc2NC(=O)c2coc(-c3ccnc(N(CC(F)(F)F)C(=O)O)c3)n2)C1. The van der Waals surface area contributed by atoms with E-state index in [2.05, 4.69) is 20.4 Å². The van der Waals surface area contributed by atoms with Crippen LogP contribution in [0.4, 0.5) is 35.3 Å². The summed E-state index contributed by atoms with van der Waals surface area (Å²) in [6.45, 7) is -0.604. The van der Waals surface area contributed by atoms with E-state index in [0.29, 0.717) is 13.0 Å². The largest absolute Gasteiger partial charge is 0.465 e. The molecule has 4 rings (SSSR count). The molecule has 1 aliphatic heterocycles. The van der Waals surface area contributed by atoms with Gasteiger partial charge in [-0.3, -0.25) is 24.1 Å². The Balaban J connectivity index is 1.52. The lowest BCUT2D eigenvalue weighted by atomic mass is 10.1. The molecule has 16 heteroatoms. The average molecular weight is 550 g/mol. The van der Waals surface area contributed by atoms with Crippen LogP contribution >= 0.6 is 0 Å². The molecule has 208 valence electrons. The molecule has 1 aliphatic rings. The van der Waals surface area contributed by atoms with E-state index in [0.717, 1.165) is 25.1 Å². The molecule has 1 fully saturated rings. The van der Waals surface area contributed by atoms with Gasteiger partial charge in [-0.1, -0.05) is 0 Å². The zero-order valence-corrected chi connectivity index (χ0v) is 21.1. The van der Waals surface area contributed by atoms with Gasteiger partial charge in [0, 0.05) is 38.3 Å². The standard InChI is InChI=1S/C23H25F3N8O5/c1-31(2)8-13-6-18(35)33(9-13)19-15(10-32(3)30-19)28-20(36)16-11-39-21(29-16)14-4-5-27-17(7-14)34(22(37)38)12-23(24,25)26/h4-5,7,10-11,13H,6,8-9,12H2,1-3H3,(H,28,36)(H,37,38). The van der Waals surface area contributed by atoms with Crippen molar-refractivity contribution in [3.8, 4) is 11.5 Å². The number of amides is 3. The number of halogens is 3. The molecule has 0 spiro atoms. The highest BCUT2D eigenvalue weighted by Gasteiger charge is 2.35. The first-order valence-corrected chi connectivity index (χ1v) is 11.6. The number of rotatable bonds is 8. The average Bonchev–Trinajstić information content (AvgIpc) is 3.55. The number of aromatic nitrogens is 4. The molecule has 2 N–H and O–H groups in total. The number of oxazole rings is 1. The smallest absolute Gasteiger partial charge is 0.413 e. The van der Waals surface area contributed by atoms with E-state index in [1.54, 1.807) is 7.05 Å². The Bertz CT molecular complexity index is 1390. The van der Waals surface area contributed by atoms with Crippen molar-refractivity contribution in [1.82, 2.24) is 24.6 Å². The number of nitrogens with one attached hydrogen (secondary N) is 1. The Morgan fingerprint density at radius 2 is 2.05 bits per heavy atom. The number of carbonyl (C=O) groups excluding carboxylic acids is 2. The van der Waals surface area contributed by atoms with Gasteiger partial charge in [-0.15, -0.1) is 0 Å². The minimum absolute atomic E-state index is 0.0345. The van der Waals surface area contributed by atoms with Gasteiger partial charge in [-0.25, -0.2) is 14.8 Å². The van der Waals surface area contributed by atoms with Gasteiger partial charge < -0.3 is 19.7 Å². The maximum absolute atomic E-state index is 12.9. The van der Waals surface area contributed by atoms with Gasteiger partial charge >= 0.3 is 12.3 Å². The fourth-order valence-corrected chi connectivity index (χ4v) is 4.21. The molecule has 0 saturated carbocycles. The van der Waals surface area contributed by atoms with Gasteiger partial charge in [0.2, 0.25) is 11.8 Å². The fourth-order valence-electron chi connectivity index (χ4n) is 4.21. The summed E-state index contributed by atoms with van der Waals surface area (Å²) in [7, 11) is 5.48. The second kappa shape index (κ2) is 10.7. The Morgan fingerprint density at radius 1 is 1.31 bits per heavy atom. The van der Waals surface area contributed by atoms with Crippen LogP contribution in [0.2, 0.25) is 0 Å². The molecule has 1 atom stereocenters. The van der Waals surface area contributed by atoms with Crippen LogP contribution in [0.3, 0.4) is 0 Å². The Kier molecular flexibility index (Phi) is 7.58. The van der Waals surface area contributed by atoms with E-state index in [1.165, 1.54) is 21.8 Å². The molecular formula is C23H25F3N8O5. The number of carbonyl (C=O) groups is 3. The minimum Gasteiger partial charge on any atom is -0.465 e. The number of nitrogens with zero attached hydrogens (tertiary/aromatic N) is 7. The van der Waals surface area contributed by atoms with Gasteiger partial charge in [0.1, 0.15) is 24.3 Å². The van der Waals surface area contributed by atoms with Gasteiger partial charge in [-0.2, -0.15) is 18.3 Å². The molecule has 0 radical (unpaired) electrons. The molecule has 39 heavy (non-hydrogen) atoms. The van der Waals surface area contributed by atoms with Crippen LogP contribution in [0.25, 0.3) is 11.5 Å². The first-order chi connectivity index (χ1) is 18.3. The number of hydrogen-bond donors (Lipinski definition) is 2. The van der Waals surface area contributed by atoms with Gasteiger partial charge in [0.25, 0.3) is 5.91 Å². The number of alkyl halides is 3. The minimum atomic E-state index is -4.79. The van der Waals surface area contributed by atoms with Gasteiger partial charge in [0.05, 0.1) is 6.20 Å². The Hall–Kier alpha value is -4.47. The second-order valence-corrected chi connectivity index (χ2v) is 9.26. The van der Waals surface area contributed by atoms with E-state index in [4.69, 9.17) is 4.42 Å². The van der Waals surface area contributed by atoms with Gasteiger partial charge in [0.15, 0.2) is 11.5 Å². The van der Waals surface area contributed by atoms with Crippen LogP contribution < -0.4 is 15.1 Å². The topological polar surface area (TPSA) is 150 Å². The summed E-state index contributed by atoms with van der Waals surface area (Å²) in [5.74, 6) is -1.05. The third kappa shape index (κ3) is 6.51. The Morgan fingerprint density at radius 3 is 2.72 bits per heavy atom. The molecule has 3 aromatic heterocycles. The zero-order valence-electron chi connectivity index (χ0n) is 21.1. The third-order valence-corrected chi connectivity index (χ3v) is 5.72. The summed E-state index contributed by atoms with van der Waals surface area (Å²) in [6.07, 6.45) is -2.61. The highest BCUT2D eigenvalue weighted by Crippen LogP contribution is 2.31. The summed E-state index contributed by atoms with van der Waals surface area (Å²) in [4.78, 5) is 48.3. The summed E-state index contributed by atoms with van der Waals surface area (Å²) >= 11 is 0.